The molecule has 0 aliphatic rings. The van der Waals surface area contributed by atoms with Crippen molar-refractivity contribution in [3.05, 3.63) is 63.4 Å². The largest absolute Gasteiger partial charge is 0.497 e. The molecular formula is C15H16BrFN2O. The number of hydrazine groups is 1. The van der Waals surface area contributed by atoms with Gasteiger partial charge < -0.3 is 4.74 Å². The van der Waals surface area contributed by atoms with Gasteiger partial charge in [-0.2, -0.15) is 0 Å². The lowest BCUT2D eigenvalue weighted by Gasteiger charge is -2.20. The number of nitrogens with two attached hydrogens (primary N) is 1. The minimum atomic E-state index is -0.418. The van der Waals surface area contributed by atoms with Crippen molar-refractivity contribution in [3.8, 4) is 5.75 Å². The number of halogens is 2. The summed E-state index contributed by atoms with van der Waals surface area (Å²) in [6, 6.07) is 10.4. The SMILES string of the molecule is COc1ccc(C(NN)c2cccc(Br)c2F)c(C)c1. The van der Waals surface area contributed by atoms with Crippen molar-refractivity contribution in [2.75, 3.05) is 7.11 Å². The summed E-state index contributed by atoms with van der Waals surface area (Å²) in [5, 5.41) is 0. The topological polar surface area (TPSA) is 47.3 Å². The van der Waals surface area contributed by atoms with Crippen LogP contribution in [0.25, 0.3) is 0 Å². The highest BCUT2D eigenvalue weighted by molar-refractivity contribution is 9.10. The molecule has 3 nitrogen and oxygen atoms in total. The normalized spacial score (nSPS) is 12.2. The number of aryl methyl sites for hydroxylation is 1. The molecule has 1 unspecified atom stereocenters. The third kappa shape index (κ3) is 2.85. The van der Waals surface area contributed by atoms with Gasteiger partial charge in [0.15, 0.2) is 0 Å². The van der Waals surface area contributed by atoms with Gasteiger partial charge in [-0.15, -0.1) is 0 Å². The second-order valence-corrected chi connectivity index (χ2v) is 5.32. The molecule has 106 valence electrons. The van der Waals surface area contributed by atoms with Crippen molar-refractivity contribution in [3.63, 3.8) is 0 Å². The van der Waals surface area contributed by atoms with Gasteiger partial charge in [-0.3, -0.25) is 5.84 Å². The minimum absolute atomic E-state index is 0.314. The molecule has 2 rings (SSSR count). The summed E-state index contributed by atoms with van der Waals surface area (Å²) < 4.78 is 19.8. The molecule has 2 aromatic carbocycles. The average Bonchev–Trinajstić information content (AvgIpc) is 2.45. The Labute approximate surface area is 126 Å². The van der Waals surface area contributed by atoms with Crippen molar-refractivity contribution >= 4 is 15.9 Å². The summed E-state index contributed by atoms with van der Waals surface area (Å²) in [6.07, 6.45) is 0. The molecule has 3 N–H and O–H groups in total. The first-order chi connectivity index (χ1) is 9.58. The zero-order chi connectivity index (χ0) is 14.7. The first kappa shape index (κ1) is 15.0. The third-order valence-corrected chi connectivity index (χ3v) is 3.86. The predicted molar refractivity (Wildman–Crippen MR) is 81.0 cm³/mol. The maximum atomic E-state index is 14.2. The van der Waals surface area contributed by atoms with Crippen LogP contribution in [0.2, 0.25) is 0 Å². The Bertz CT molecular complexity index is 619. The number of benzene rings is 2. The maximum absolute atomic E-state index is 14.2. The van der Waals surface area contributed by atoms with E-state index in [-0.39, 0.29) is 5.82 Å². The van der Waals surface area contributed by atoms with E-state index in [1.807, 2.05) is 25.1 Å². The van der Waals surface area contributed by atoms with Crippen LogP contribution < -0.4 is 16.0 Å². The van der Waals surface area contributed by atoms with E-state index in [0.717, 1.165) is 16.9 Å². The lowest BCUT2D eigenvalue weighted by molar-refractivity contribution is 0.414. The highest BCUT2D eigenvalue weighted by Crippen LogP contribution is 2.30. The van der Waals surface area contributed by atoms with Gasteiger partial charge in [-0.25, -0.2) is 9.82 Å². The number of hydrogen-bond acceptors (Lipinski definition) is 3. The molecule has 0 aliphatic heterocycles. The lowest BCUT2D eigenvalue weighted by atomic mass is 9.95. The smallest absolute Gasteiger partial charge is 0.142 e. The fourth-order valence-electron chi connectivity index (χ4n) is 2.19. The molecule has 5 heteroatoms. The molecule has 0 saturated heterocycles. The Balaban J connectivity index is 2.50. The predicted octanol–water partition coefficient (Wildman–Crippen LogP) is 3.46. The van der Waals surface area contributed by atoms with Crippen LogP contribution in [-0.4, -0.2) is 7.11 Å². The number of nitrogens with one attached hydrogen (secondary N) is 1. The van der Waals surface area contributed by atoms with Crippen LogP contribution in [0, 0.1) is 12.7 Å². The van der Waals surface area contributed by atoms with Gasteiger partial charge >= 0.3 is 0 Å². The van der Waals surface area contributed by atoms with E-state index in [1.165, 1.54) is 0 Å². The summed E-state index contributed by atoms with van der Waals surface area (Å²) >= 11 is 3.19. The van der Waals surface area contributed by atoms with Crippen LogP contribution >= 0.6 is 15.9 Å². The molecule has 0 saturated carbocycles. The quantitative estimate of drug-likeness (QED) is 0.663. The van der Waals surface area contributed by atoms with Gasteiger partial charge in [-0.05, 0) is 52.2 Å². The van der Waals surface area contributed by atoms with Gasteiger partial charge in [0.2, 0.25) is 0 Å². The van der Waals surface area contributed by atoms with Crippen LogP contribution in [0.1, 0.15) is 22.7 Å². The Hall–Kier alpha value is -1.43. The van der Waals surface area contributed by atoms with E-state index in [4.69, 9.17) is 10.6 Å². The summed E-state index contributed by atoms with van der Waals surface area (Å²) in [7, 11) is 1.61. The van der Waals surface area contributed by atoms with E-state index in [0.29, 0.717) is 10.0 Å². The van der Waals surface area contributed by atoms with Gasteiger partial charge in [0.1, 0.15) is 11.6 Å². The Morgan fingerprint density at radius 2 is 2.00 bits per heavy atom. The van der Waals surface area contributed by atoms with E-state index in [2.05, 4.69) is 21.4 Å². The van der Waals surface area contributed by atoms with Gasteiger partial charge in [0.05, 0.1) is 17.6 Å². The summed E-state index contributed by atoms with van der Waals surface area (Å²) in [4.78, 5) is 0. The van der Waals surface area contributed by atoms with Crippen LogP contribution in [-0.2, 0) is 0 Å². The highest BCUT2D eigenvalue weighted by Gasteiger charge is 2.19. The van der Waals surface area contributed by atoms with E-state index >= 15 is 0 Å². The van der Waals surface area contributed by atoms with E-state index < -0.39 is 6.04 Å². The Kier molecular flexibility index (Phi) is 4.75. The molecule has 0 spiro atoms. The van der Waals surface area contributed by atoms with Crippen molar-refractivity contribution in [2.45, 2.75) is 13.0 Å². The van der Waals surface area contributed by atoms with Crippen LogP contribution in [0.3, 0.4) is 0 Å². The molecule has 0 amide bonds. The number of methoxy groups -OCH3 is 1. The molecular weight excluding hydrogens is 323 g/mol. The molecule has 0 aromatic heterocycles. The summed E-state index contributed by atoms with van der Waals surface area (Å²) in [5.74, 6) is 6.08. The molecule has 0 heterocycles. The van der Waals surface area contributed by atoms with Crippen LogP contribution in [0.5, 0.6) is 5.75 Å². The molecule has 1 atom stereocenters. The average molecular weight is 339 g/mol. The fourth-order valence-corrected chi connectivity index (χ4v) is 2.57. The van der Waals surface area contributed by atoms with Crippen molar-refractivity contribution in [2.24, 2.45) is 5.84 Å². The van der Waals surface area contributed by atoms with E-state index in [9.17, 15) is 4.39 Å². The first-order valence-corrected chi connectivity index (χ1v) is 6.92. The second-order valence-electron chi connectivity index (χ2n) is 4.47. The van der Waals surface area contributed by atoms with Crippen molar-refractivity contribution in [1.82, 2.24) is 5.43 Å². The Morgan fingerprint density at radius 3 is 2.60 bits per heavy atom. The summed E-state index contributed by atoms with van der Waals surface area (Å²) in [6.45, 7) is 1.94. The van der Waals surface area contributed by atoms with Crippen LogP contribution in [0.4, 0.5) is 4.39 Å². The van der Waals surface area contributed by atoms with Gasteiger partial charge in [0.25, 0.3) is 0 Å². The monoisotopic (exact) mass is 338 g/mol. The highest BCUT2D eigenvalue weighted by atomic mass is 79.9. The zero-order valence-electron chi connectivity index (χ0n) is 11.3. The third-order valence-electron chi connectivity index (χ3n) is 3.25. The Morgan fingerprint density at radius 1 is 1.25 bits per heavy atom. The van der Waals surface area contributed by atoms with Crippen LogP contribution in [0.15, 0.2) is 40.9 Å². The number of ether oxygens (including phenoxy) is 1. The molecule has 0 bridgehead atoms. The number of hydrogen-bond donors (Lipinski definition) is 2. The van der Waals surface area contributed by atoms with Gasteiger partial charge in [0, 0.05) is 5.56 Å². The second kappa shape index (κ2) is 6.35. The molecule has 0 fully saturated rings. The number of rotatable bonds is 4. The first-order valence-electron chi connectivity index (χ1n) is 6.13. The zero-order valence-corrected chi connectivity index (χ0v) is 12.9. The van der Waals surface area contributed by atoms with E-state index in [1.54, 1.807) is 25.3 Å². The minimum Gasteiger partial charge on any atom is -0.497 e. The molecule has 0 radical (unpaired) electrons. The lowest BCUT2D eigenvalue weighted by Crippen LogP contribution is -2.30. The molecule has 20 heavy (non-hydrogen) atoms. The fraction of sp³-hybridized carbons (Fsp3) is 0.200. The summed E-state index contributed by atoms with van der Waals surface area (Å²) in [5.41, 5.74) is 5.06. The molecule has 0 aliphatic carbocycles. The standard InChI is InChI=1S/C15H16BrFN2O/c1-9-8-10(20-2)6-7-11(9)15(19-18)12-4-3-5-13(16)14(12)17/h3-8,15,19H,18H2,1-2H3. The van der Waals surface area contributed by atoms with Gasteiger partial charge in [-0.1, -0.05) is 18.2 Å². The van der Waals surface area contributed by atoms with Crippen molar-refractivity contribution < 1.29 is 9.13 Å². The van der Waals surface area contributed by atoms with Crippen molar-refractivity contribution in [1.29, 1.82) is 0 Å². The molecule has 2 aromatic rings. The maximum Gasteiger partial charge on any atom is 0.142 e.